The van der Waals surface area contributed by atoms with E-state index >= 15 is 0 Å². The number of thioether (sulfide) groups is 2. The van der Waals surface area contributed by atoms with Crippen LogP contribution < -0.4 is 10.2 Å². The largest absolute Gasteiger partial charge is 0.296 e. The van der Waals surface area contributed by atoms with Gasteiger partial charge in [-0.3, -0.25) is 28.5 Å². The molecule has 17 heteroatoms. The molecule has 3 amide bonds. The van der Waals surface area contributed by atoms with Crippen molar-refractivity contribution in [2.75, 3.05) is 22.7 Å². The molecular formula is C36H30N12O3S2. The second kappa shape index (κ2) is 14.7. The lowest BCUT2D eigenvalue weighted by Crippen LogP contribution is -2.35. The Balaban J connectivity index is 0.000000165. The first-order valence-corrected chi connectivity index (χ1v) is 18.5. The monoisotopic (exact) mass is 742 g/mol. The van der Waals surface area contributed by atoms with Crippen molar-refractivity contribution >= 4 is 86.2 Å². The lowest BCUT2D eigenvalue weighted by Gasteiger charge is -2.17. The lowest BCUT2D eigenvalue weighted by atomic mass is 10.1. The van der Waals surface area contributed by atoms with Crippen LogP contribution in [-0.4, -0.2) is 78.9 Å². The number of hydrogen-bond acceptors (Lipinski definition) is 13. The molecule has 0 saturated carbocycles. The fourth-order valence-corrected chi connectivity index (χ4v) is 6.78. The first kappa shape index (κ1) is 35.1. The maximum absolute atomic E-state index is 12.1. The summed E-state index contributed by atoms with van der Waals surface area (Å²) in [5.74, 6) is -0.395. The average molecular weight is 743 g/mol. The number of imide groups is 1. The number of aromatic nitrogens is 10. The Labute approximate surface area is 310 Å². The van der Waals surface area contributed by atoms with Gasteiger partial charge < -0.3 is 0 Å². The molecule has 0 saturated heterocycles. The van der Waals surface area contributed by atoms with Gasteiger partial charge in [0, 0.05) is 79.9 Å². The van der Waals surface area contributed by atoms with Gasteiger partial charge in [0.25, 0.3) is 0 Å². The molecule has 0 aliphatic carbocycles. The van der Waals surface area contributed by atoms with Crippen molar-refractivity contribution in [1.82, 2.24) is 48.7 Å². The molecule has 8 rings (SSSR count). The molecule has 0 spiro atoms. The van der Waals surface area contributed by atoms with Crippen LogP contribution in [0.15, 0.2) is 96.0 Å². The first-order valence-electron chi connectivity index (χ1n) is 16.0. The Morgan fingerprint density at radius 2 is 1.09 bits per heavy atom. The Kier molecular flexibility index (Phi) is 9.75. The number of nitrogens with zero attached hydrogens (tertiary/aromatic N) is 11. The van der Waals surface area contributed by atoms with E-state index in [-0.39, 0.29) is 11.9 Å². The summed E-state index contributed by atoms with van der Waals surface area (Å²) in [6.07, 6.45) is 13.9. The van der Waals surface area contributed by atoms with Crippen LogP contribution in [0.5, 0.6) is 0 Å². The molecule has 15 nitrogen and oxygen atoms in total. The maximum atomic E-state index is 12.1. The van der Waals surface area contributed by atoms with Crippen LogP contribution in [0.2, 0.25) is 0 Å². The van der Waals surface area contributed by atoms with Gasteiger partial charge >= 0.3 is 0 Å². The quantitative estimate of drug-likeness (QED) is 0.156. The molecule has 0 atom stereocenters. The highest BCUT2D eigenvalue weighted by atomic mass is 32.2. The van der Waals surface area contributed by atoms with Crippen molar-refractivity contribution in [2.45, 2.75) is 31.1 Å². The van der Waals surface area contributed by atoms with Gasteiger partial charge in [0.1, 0.15) is 11.3 Å². The molecule has 0 fully saturated rings. The van der Waals surface area contributed by atoms with Gasteiger partial charge in [-0.2, -0.15) is 0 Å². The molecule has 0 aromatic carbocycles. The van der Waals surface area contributed by atoms with Crippen LogP contribution in [0.3, 0.4) is 0 Å². The van der Waals surface area contributed by atoms with Gasteiger partial charge in [-0.1, -0.05) is 23.5 Å². The third-order valence-corrected chi connectivity index (χ3v) is 9.18. The van der Waals surface area contributed by atoms with Gasteiger partial charge in [-0.05, 0) is 61.0 Å². The highest BCUT2D eigenvalue weighted by molar-refractivity contribution is 7.98. The van der Waals surface area contributed by atoms with E-state index in [1.165, 1.54) is 44.3 Å². The molecule has 8 aromatic rings. The number of carbonyl (C=O) groups excluding carboxylic acids is 3. The topological polar surface area (TPSA) is 178 Å². The Morgan fingerprint density at radius 3 is 1.60 bits per heavy atom. The molecule has 1 N–H and O–H groups in total. The van der Waals surface area contributed by atoms with Gasteiger partial charge in [0.2, 0.25) is 29.6 Å². The van der Waals surface area contributed by atoms with Gasteiger partial charge in [0.15, 0.2) is 10.3 Å². The minimum Gasteiger partial charge on any atom is -0.296 e. The van der Waals surface area contributed by atoms with E-state index in [2.05, 4.69) is 45.2 Å². The van der Waals surface area contributed by atoms with Gasteiger partial charge in [-0.15, -0.1) is 0 Å². The fourth-order valence-electron chi connectivity index (χ4n) is 6.07. The number of anilines is 2. The number of fused-ring (bicyclic) bond motifs is 6. The summed E-state index contributed by atoms with van der Waals surface area (Å²) in [5.41, 5.74) is 6.25. The Morgan fingerprint density at radius 1 is 0.604 bits per heavy atom. The normalized spacial score (nSPS) is 11.1. The molecule has 0 radical (unpaired) electrons. The molecule has 8 aromatic heterocycles. The SMILES string of the molecule is CSc1nccc(-c2c3cccnc3n3c(N(C(C)=O)C(C)=O)nccc23)n1.CSc1nccc(-c2c3cccnc3n3c(NC(C)=O)nccc23)n1. The second-order valence-electron chi connectivity index (χ2n) is 11.4. The van der Waals surface area contributed by atoms with Crippen molar-refractivity contribution in [3.8, 4) is 22.5 Å². The summed E-state index contributed by atoms with van der Waals surface area (Å²) in [5, 5.41) is 5.89. The highest BCUT2D eigenvalue weighted by Crippen LogP contribution is 2.37. The van der Waals surface area contributed by atoms with Crippen molar-refractivity contribution in [2.24, 2.45) is 0 Å². The van der Waals surface area contributed by atoms with Crippen molar-refractivity contribution < 1.29 is 14.4 Å². The predicted molar refractivity (Wildman–Crippen MR) is 205 cm³/mol. The number of nitrogens with one attached hydrogen (secondary N) is 1. The number of amides is 3. The molecular weight excluding hydrogens is 713 g/mol. The number of hydrogen-bond donors (Lipinski definition) is 1. The van der Waals surface area contributed by atoms with E-state index in [0.29, 0.717) is 27.6 Å². The van der Waals surface area contributed by atoms with E-state index in [9.17, 15) is 14.4 Å². The van der Waals surface area contributed by atoms with Crippen LogP contribution >= 0.6 is 23.5 Å². The van der Waals surface area contributed by atoms with E-state index in [0.717, 1.165) is 49.2 Å². The first-order chi connectivity index (χ1) is 25.7. The maximum Gasteiger partial charge on any atom is 0.233 e. The zero-order chi connectivity index (χ0) is 37.2. The van der Waals surface area contributed by atoms with Crippen LogP contribution in [-0.2, 0) is 14.4 Å². The minimum atomic E-state index is -0.418. The van der Waals surface area contributed by atoms with Gasteiger partial charge in [0.05, 0.1) is 22.4 Å². The van der Waals surface area contributed by atoms with Crippen molar-refractivity contribution in [3.63, 3.8) is 0 Å². The number of carbonyl (C=O) groups is 3. The number of pyridine rings is 2. The summed E-state index contributed by atoms with van der Waals surface area (Å²) in [4.78, 5) is 72.2. The van der Waals surface area contributed by atoms with Crippen LogP contribution in [0.4, 0.5) is 11.9 Å². The predicted octanol–water partition coefficient (Wildman–Crippen LogP) is 5.98. The van der Waals surface area contributed by atoms with E-state index in [1.54, 1.807) is 41.6 Å². The van der Waals surface area contributed by atoms with E-state index < -0.39 is 11.8 Å². The smallest absolute Gasteiger partial charge is 0.233 e. The minimum absolute atomic E-state index is 0.189. The summed E-state index contributed by atoms with van der Waals surface area (Å²) in [6.45, 7) is 4.12. The van der Waals surface area contributed by atoms with Crippen molar-refractivity contribution in [1.29, 1.82) is 0 Å². The third-order valence-electron chi connectivity index (χ3n) is 8.06. The Hall–Kier alpha value is -6.33. The highest BCUT2D eigenvalue weighted by Gasteiger charge is 2.25. The Bertz CT molecular complexity index is 2700. The molecule has 0 aliphatic rings. The van der Waals surface area contributed by atoms with Crippen LogP contribution in [0.1, 0.15) is 20.8 Å². The average Bonchev–Trinajstić information content (AvgIpc) is 3.69. The molecule has 264 valence electrons. The summed E-state index contributed by atoms with van der Waals surface area (Å²) in [6, 6.07) is 15.1. The molecule has 8 heterocycles. The standard InChI is InChI=1S/C19H16N6O2S.C17H14N6OS/c1-11(26)24(12(2)27)19-22-10-7-15-16(14-6-9-21-18(23-14)28-3)13-5-4-8-20-17(13)25(15)19;1-10(24)21-16-19-9-6-13-14(12-5-8-20-17(22-12)25-2)11-4-3-7-18-15(11)23(13)16/h4-10H,1-3H3;3-9H,1-2H3,(H,19,21,24). The molecule has 53 heavy (non-hydrogen) atoms. The molecule has 0 unspecified atom stereocenters. The summed E-state index contributed by atoms with van der Waals surface area (Å²) in [7, 11) is 0. The van der Waals surface area contributed by atoms with Crippen molar-refractivity contribution in [3.05, 3.63) is 85.7 Å². The zero-order valence-electron chi connectivity index (χ0n) is 29.0. The summed E-state index contributed by atoms with van der Waals surface area (Å²) < 4.78 is 3.56. The van der Waals surface area contributed by atoms with Crippen LogP contribution in [0, 0.1) is 0 Å². The third kappa shape index (κ3) is 6.51. The second-order valence-corrected chi connectivity index (χ2v) is 12.9. The van der Waals surface area contributed by atoms with E-state index in [4.69, 9.17) is 0 Å². The zero-order valence-corrected chi connectivity index (χ0v) is 30.7. The fraction of sp³-hybridized carbons (Fsp3) is 0.139. The molecule has 0 aliphatic heterocycles. The van der Waals surface area contributed by atoms with Gasteiger partial charge in [-0.25, -0.2) is 44.8 Å². The summed E-state index contributed by atoms with van der Waals surface area (Å²) >= 11 is 2.94. The molecule has 0 bridgehead atoms. The van der Waals surface area contributed by atoms with Crippen LogP contribution in [0.25, 0.3) is 55.6 Å². The number of rotatable bonds is 6. The van der Waals surface area contributed by atoms with E-state index in [1.807, 2.05) is 65.4 Å². The lowest BCUT2D eigenvalue weighted by molar-refractivity contribution is -0.124.